The van der Waals surface area contributed by atoms with Gasteiger partial charge in [-0.15, -0.1) is 13.2 Å². The molecule has 0 spiro atoms. The lowest BCUT2D eigenvalue weighted by molar-refractivity contribution is -0.274. The molecule has 0 radical (unpaired) electrons. The molecule has 0 aromatic heterocycles. The van der Waals surface area contributed by atoms with Crippen LogP contribution in [0.4, 0.5) is 13.2 Å². The quantitative estimate of drug-likeness (QED) is 0.896. The Morgan fingerprint density at radius 1 is 0.952 bits per heavy atom. The molecule has 2 aromatic carbocycles. The SMILES string of the molecule is NC(CCc1ccc(OC(F)(F)F)cc1)c1ccccc1. The van der Waals surface area contributed by atoms with Crippen LogP contribution >= 0.6 is 0 Å². The molecule has 0 fully saturated rings. The summed E-state index contributed by atoms with van der Waals surface area (Å²) in [5, 5.41) is 0. The van der Waals surface area contributed by atoms with Crippen LogP contribution in [-0.4, -0.2) is 6.36 Å². The number of hydrogen-bond acceptors (Lipinski definition) is 2. The van der Waals surface area contributed by atoms with E-state index in [1.807, 2.05) is 30.3 Å². The van der Waals surface area contributed by atoms with Crippen molar-refractivity contribution < 1.29 is 17.9 Å². The highest BCUT2D eigenvalue weighted by Crippen LogP contribution is 2.23. The van der Waals surface area contributed by atoms with Crippen molar-refractivity contribution in [2.45, 2.75) is 25.2 Å². The Kier molecular flexibility index (Phi) is 4.85. The molecule has 0 aliphatic carbocycles. The molecule has 0 aliphatic heterocycles. The van der Waals surface area contributed by atoms with Gasteiger partial charge >= 0.3 is 6.36 Å². The van der Waals surface area contributed by atoms with E-state index in [1.165, 1.54) is 12.1 Å². The van der Waals surface area contributed by atoms with Crippen molar-refractivity contribution in [3.63, 3.8) is 0 Å². The molecule has 0 saturated heterocycles. The molecule has 2 aromatic rings. The second-order valence-corrected chi connectivity index (χ2v) is 4.75. The first-order chi connectivity index (χ1) is 9.94. The third-order valence-electron chi connectivity index (χ3n) is 3.13. The van der Waals surface area contributed by atoms with E-state index >= 15 is 0 Å². The van der Waals surface area contributed by atoms with Gasteiger partial charge in [0.05, 0.1) is 0 Å². The molecule has 0 bridgehead atoms. The molecule has 2 rings (SSSR count). The topological polar surface area (TPSA) is 35.2 Å². The normalized spacial score (nSPS) is 13.0. The van der Waals surface area contributed by atoms with Crippen LogP contribution in [0.25, 0.3) is 0 Å². The minimum Gasteiger partial charge on any atom is -0.406 e. The van der Waals surface area contributed by atoms with Gasteiger partial charge < -0.3 is 10.5 Å². The van der Waals surface area contributed by atoms with Crippen LogP contribution in [0.15, 0.2) is 54.6 Å². The number of ether oxygens (including phenoxy) is 1. The number of nitrogens with two attached hydrogens (primary N) is 1. The van der Waals surface area contributed by atoms with Crippen molar-refractivity contribution in [3.05, 3.63) is 65.7 Å². The predicted molar refractivity (Wildman–Crippen MR) is 74.8 cm³/mol. The van der Waals surface area contributed by atoms with Crippen molar-refractivity contribution in [3.8, 4) is 5.75 Å². The van der Waals surface area contributed by atoms with Crippen LogP contribution in [0.2, 0.25) is 0 Å². The third-order valence-corrected chi connectivity index (χ3v) is 3.13. The van der Waals surface area contributed by atoms with Gasteiger partial charge in [0.1, 0.15) is 5.75 Å². The summed E-state index contributed by atoms with van der Waals surface area (Å²) in [5.74, 6) is -0.210. The summed E-state index contributed by atoms with van der Waals surface area (Å²) in [6.45, 7) is 0. The van der Waals surface area contributed by atoms with Crippen LogP contribution in [0.3, 0.4) is 0 Å². The Morgan fingerprint density at radius 2 is 1.57 bits per heavy atom. The van der Waals surface area contributed by atoms with Crippen LogP contribution in [0.5, 0.6) is 5.75 Å². The van der Waals surface area contributed by atoms with Gasteiger partial charge in [-0.25, -0.2) is 0 Å². The first-order valence-electron chi connectivity index (χ1n) is 6.59. The lowest BCUT2D eigenvalue weighted by atomic mass is 10.00. The fourth-order valence-electron chi connectivity index (χ4n) is 2.05. The van der Waals surface area contributed by atoms with Crippen LogP contribution in [-0.2, 0) is 6.42 Å². The second kappa shape index (κ2) is 6.63. The van der Waals surface area contributed by atoms with Crippen LogP contribution in [0, 0.1) is 0 Å². The monoisotopic (exact) mass is 295 g/mol. The van der Waals surface area contributed by atoms with E-state index in [-0.39, 0.29) is 11.8 Å². The Balaban J connectivity index is 1.89. The Hall–Kier alpha value is -2.01. The number of halogens is 3. The van der Waals surface area contributed by atoms with Crippen LogP contribution in [0.1, 0.15) is 23.6 Å². The van der Waals surface area contributed by atoms with E-state index in [9.17, 15) is 13.2 Å². The average molecular weight is 295 g/mol. The minimum atomic E-state index is -4.66. The number of aryl methyl sites for hydroxylation is 1. The number of alkyl halides is 3. The summed E-state index contributed by atoms with van der Waals surface area (Å²) >= 11 is 0. The molecule has 2 N–H and O–H groups in total. The van der Waals surface area contributed by atoms with Crippen molar-refractivity contribution in [2.75, 3.05) is 0 Å². The molecular weight excluding hydrogens is 279 g/mol. The maximum atomic E-state index is 12.0. The second-order valence-electron chi connectivity index (χ2n) is 4.75. The van der Waals surface area contributed by atoms with Gasteiger partial charge in [-0.2, -0.15) is 0 Å². The average Bonchev–Trinajstić information content (AvgIpc) is 2.45. The van der Waals surface area contributed by atoms with E-state index in [1.54, 1.807) is 12.1 Å². The Labute approximate surface area is 121 Å². The number of hydrogen-bond donors (Lipinski definition) is 1. The van der Waals surface area contributed by atoms with Crippen molar-refractivity contribution in [1.29, 1.82) is 0 Å². The van der Waals surface area contributed by atoms with E-state index < -0.39 is 6.36 Å². The molecule has 0 aliphatic rings. The molecule has 5 heteroatoms. The highest BCUT2D eigenvalue weighted by Gasteiger charge is 2.30. The zero-order valence-electron chi connectivity index (χ0n) is 11.3. The summed E-state index contributed by atoms with van der Waals surface area (Å²) < 4.78 is 40.0. The summed E-state index contributed by atoms with van der Waals surface area (Å²) in [6, 6.07) is 15.5. The smallest absolute Gasteiger partial charge is 0.406 e. The summed E-state index contributed by atoms with van der Waals surface area (Å²) in [4.78, 5) is 0. The fourth-order valence-corrected chi connectivity index (χ4v) is 2.05. The molecule has 1 unspecified atom stereocenters. The largest absolute Gasteiger partial charge is 0.573 e. The minimum absolute atomic E-state index is 0.0858. The zero-order valence-corrected chi connectivity index (χ0v) is 11.3. The molecule has 2 nitrogen and oxygen atoms in total. The van der Waals surface area contributed by atoms with Crippen LogP contribution < -0.4 is 10.5 Å². The zero-order chi connectivity index (χ0) is 15.3. The number of benzene rings is 2. The highest BCUT2D eigenvalue weighted by atomic mass is 19.4. The molecule has 1 atom stereocenters. The summed E-state index contributed by atoms with van der Waals surface area (Å²) in [5.41, 5.74) is 8.06. The van der Waals surface area contributed by atoms with Crippen molar-refractivity contribution >= 4 is 0 Å². The van der Waals surface area contributed by atoms with Gasteiger partial charge in [-0.05, 0) is 36.1 Å². The van der Waals surface area contributed by atoms with E-state index in [2.05, 4.69) is 4.74 Å². The Bertz CT molecular complexity index is 552. The van der Waals surface area contributed by atoms with Gasteiger partial charge in [0.15, 0.2) is 0 Å². The van der Waals surface area contributed by atoms with Gasteiger partial charge in [-0.3, -0.25) is 0 Å². The van der Waals surface area contributed by atoms with Crippen molar-refractivity contribution in [2.24, 2.45) is 5.73 Å². The predicted octanol–water partition coefficient (Wildman–Crippen LogP) is 4.22. The molecular formula is C16H16F3NO. The van der Waals surface area contributed by atoms with Gasteiger partial charge in [0, 0.05) is 6.04 Å². The first kappa shape index (κ1) is 15.4. The third kappa shape index (κ3) is 5.11. The molecule has 0 heterocycles. The molecule has 0 amide bonds. The molecule has 112 valence electrons. The first-order valence-corrected chi connectivity index (χ1v) is 6.59. The van der Waals surface area contributed by atoms with E-state index in [0.717, 1.165) is 17.5 Å². The van der Waals surface area contributed by atoms with Gasteiger partial charge in [0.25, 0.3) is 0 Å². The lowest BCUT2D eigenvalue weighted by Crippen LogP contribution is -2.17. The van der Waals surface area contributed by atoms with E-state index in [4.69, 9.17) is 5.73 Å². The standard InChI is InChI=1S/C16H16F3NO/c17-16(18,19)21-14-9-6-12(7-10-14)8-11-15(20)13-4-2-1-3-5-13/h1-7,9-10,15H,8,11,20H2. The fraction of sp³-hybridized carbons (Fsp3) is 0.250. The summed E-state index contributed by atoms with van der Waals surface area (Å²) in [6.07, 6.45) is -3.23. The number of rotatable bonds is 5. The maximum absolute atomic E-state index is 12.0. The van der Waals surface area contributed by atoms with Crippen molar-refractivity contribution in [1.82, 2.24) is 0 Å². The lowest BCUT2D eigenvalue weighted by Gasteiger charge is -2.12. The highest BCUT2D eigenvalue weighted by molar-refractivity contribution is 5.28. The Morgan fingerprint density at radius 3 is 2.14 bits per heavy atom. The summed E-state index contributed by atoms with van der Waals surface area (Å²) in [7, 11) is 0. The molecule has 0 saturated carbocycles. The van der Waals surface area contributed by atoms with Gasteiger partial charge in [0.2, 0.25) is 0 Å². The van der Waals surface area contributed by atoms with Gasteiger partial charge in [-0.1, -0.05) is 42.5 Å². The van der Waals surface area contributed by atoms with E-state index in [0.29, 0.717) is 6.42 Å². The maximum Gasteiger partial charge on any atom is 0.573 e. The molecule has 21 heavy (non-hydrogen) atoms.